The number of amides is 1. The van der Waals surface area contributed by atoms with Crippen LogP contribution in [0.2, 0.25) is 0 Å². The van der Waals surface area contributed by atoms with Gasteiger partial charge in [-0.05, 0) is 18.2 Å². The van der Waals surface area contributed by atoms with Crippen LogP contribution in [0.15, 0.2) is 33.5 Å². The average Bonchev–Trinajstić information content (AvgIpc) is 3.27. The fourth-order valence-electron chi connectivity index (χ4n) is 3.31. The van der Waals surface area contributed by atoms with E-state index in [-0.39, 0.29) is 29.6 Å². The fourth-order valence-corrected chi connectivity index (χ4v) is 6.56. The number of piperazine rings is 1. The van der Waals surface area contributed by atoms with E-state index in [1.165, 1.54) is 45.6 Å². The van der Waals surface area contributed by atoms with Crippen LogP contribution in [0.3, 0.4) is 0 Å². The molecule has 1 aromatic carbocycles. The Morgan fingerprint density at radius 3 is 2.58 bits per heavy atom. The Morgan fingerprint density at radius 1 is 1.13 bits per heavy atom. The first-order valence-corrected chi connectivity index (χ1v) is 13.0. The molecule has 2 aliphatic rings. The largest absolute Gasteiger partial charge is 0.378 e. The highest BCUT2D eigenvalue weighted by Crippen LogP contribution is 2.29. The fraction of sp³-hybridized carbons (Fsp3) is 0.500. The molecule has 0 aliphatic carbocycles. The second-order valence-electron chi connectivity index (χ2n) is 6.98. The molecule has 1 amide bonds. The monoisotopic (exact) mass is 487 g/mol. The Balaban J connectivity index is 1.27. The van der Waals surface area contributed by atoms with Gasteiger partial charge >= 0.3 is 0 Å². The van der Waals surface area contributed by atoms with Crippen molar-refractivity contribution in [1.82, 2.24) is 19.4 Å². The van der Waals surface area contributed by atoms with Crippen molar-refractivity contribution >= 4 is 44.2 Å². The summed E-state index contributed by atoms with van der Waals surface area (Å²) in [6.07, 6.45) is 0. The number of aromatic nitrogens is 2. The lowest BCUT2D eigenvalue weighted by molar-refractivity contribution is -0.129. The van der Waals surface area contributed by atoms with Crippen LogP contribution in [0.1, 0.15) is 0 Å². The lowest BCUT2D eigenvalue weighted by Crippen LogP contribution is -2.50. The number of nitrogens with zero attached hydrogens (tertiary/aromatic N) is 5. The molecule has 2 aliphatic heterocycles. The maximum Gasteiger partial charge on any atom is 0.243 e. The van der Waals surface area contributed by atoms with E-state index in [0.717, 1.165) is 28.6 Å². The van der Waals surface area contributed by atoms with Crippen LogP contribution in [-0.2, 0) is 19.6 Å². The zero-order chi connectivity index (χ0) is 21.8. The molecule has 2 aromatic rings. The molecular weight excluding hydrogens is 465 g/mol. The van der Waals surface area contributed by atoms with E-state index < -0.39 is 15.8 Å². The third kappa shape index (κ3) is 5.34. The predicted octanol–water partition coefficient (Wildman–Crippen LogP) is 1.14. The number of thioether (sulfide) groups is 1. The molecule has 2 fully saturated rings. The second kappa shape index (κ2) is 9.77. The van der Waals surface area contributed by atoms with Crippen LogP contribution in [0.4, 0.5) is 9.52 Å². The Kier molecular flexibility index (Phi) is 7.06. The minimum absolute atomic E-state index is 0.0732. The standard InChI is InChI=1S/C18H22FN5O4S3/c19-14-2-1-3-15(12-14)31(26,27)24-6-4-22(5-7-24)16(25)13-29-18-21-20-17(30-18)23-8-10-28-11-9-23/h1-3,12H,4-11,13H2. The molecule has 0 radical (unpaired) electrons. The molecule has 0 N–H and O–H groups in total. The Hall–Kier alpha value is -1.80. The molecule has 31 heavy (non-hydrogen) atoms. The van der Waals surface area contributed by atoms with Crippen molar-refractivity contribution in [2.75, 3.05) is 63.1 Å². The summed E-state index contributed by atoms with van der Waals surface area (Å²) in [7, 11) is -3.78. The van der Waals surface area contributed by atoms with E-state index in [4.69, 9.17) is 4.74 Å². The first kappa shape index (κ1) is 22.4. The number of hydrogen-bond acceptors (Lipinski definition) is 9. The minimum Gasteiger partial charge on any atom is -0.378 e. The van der Waals surface area contributed by atoms with Crippen molar-refractivity contribution in [2.24, 2.45) is 0 Å². The maximum absolute atomic E-state index is 13.4. The maximum atomic E-state index is 13.4. The summed E-state index contributed by atoms with van der Waals surface area (Å²) in [5, 5.41) is 9.18. The number of anilines is 1. The molecule has 0 saturated carbocycles. The zero-order valence-electron chi connectivity index (χ0n) is 16.6. The van der Waals surface area contributed by atoms with Crippen LogP contribution >= 0.6 is 23.1 Å². The Bertz CT molecular complexity index is 1020. The lowest BCUT2D eigenvalue weighted by atomic mass is 10.3. The number of hydrogen-bond donors (Lipinski definition) is 0. The SMILES string of the molecule is O=C(CSc1nnc(N2CCOCC2)s1)N1CCN(S(=O)(=O)c2cccc(F)c2)CC1. The van der Waals surface area contributed by atoms with Crippen molar-refractivity contribution in [3.8, 4) is 0 Å². The van der Waals surface area contributed by atoms with Gasteiger partial charge in [-0.1, -0.05) is 29.2 Å². The van der Waals surface area contributed by atoms with Crippen LogP contribution in [0.5, 0.6) is 0 Å². The van der Waals surface area contributed by atoms with Gasteiger partial charge in [-0.3, -0.25) is 4.79 Å². The lowest BCUT2D eigenvalue weighted by Gasteiger charge is -2.34. The molecule has 9 nitrogen and oxygen atoms in total. The number of halogens is 1. The molecule has 13 heteroatoms. The third-order valence-electron chi connectivity index (χ3n) is 5.02. The molecule has 0 atom stereocenters. The van der Waals surface area contributed by atoms with E-state index in [1.807, 2.05) is 0 Å². The first-order valence-electron chi connectivity index (χ1n) is 9.76. The molecule has 0 unspecified atom stereocenters. The van der Waals surface area contributed by atoms with Gasteiger partial charge in [-0.25, -0.2) is 12.8 Å². The van der Waals surface area contributed by atoms with Gasteiger partial charge in [0.05, 0.1) is 23.9 Å². The number of rotatable bonds is 6. The number of ether oxygens (including phenoxy) is 1. The molecule has 4 rings (SSSR count). The van der Waals surface area contributed by atoms with E-state index in [1.54, 1.807) is 4.90 Å². The average molecular weight is 488 g/mol. The summed E-state index contributed by atoms with van der Waals surface area (Å²) in [6, 6.07) is 4.96. The van der Waals surface area contributed by atoms with E-state index >= 15 is 0 Å². The van der Waals surface area contributed by atoms with E-state index in [0.29, 0.717) is 26.3 Å². The topological polar surface area (TPSA) is 95.9 Å². The molecule has 2 saturated heterocycles. The van der Waals surface area contributed by atoms with Crippen molar-refractivity contribution in [3.63, 3.8) is 0 Å². The summed E-state index contributed by atoms with van der Waals surface area (Å²) >= 11 is 2.79. The predicted molar refractivity (Wildman–Crippen MR) is 115 cm³/mol. The van der Waals surface area contributed by atoms with Gasteiger partial charge in [0, 0.05) is 39.3 Å². The normalized spacial score (nSPS) is 18.4. The quantitative estimate of drug-likeness (QED) is 0.560. The van der Waals surface area contributed by atoms with Crippen molar-refractivity contribution in [3.05, 3.63) is 30.1 Å². The smallest absolute Gasteiger partial charge is 0.243 e. The summed E-state index contributed by atoms with van der Waals surface area (Å²) in [6.45, 7) is 3.83. The van der Waals surface area contributed by atoms with Crippen molar-refractivity contribution < 1.29 is 22.3 Å². The number of sulfonamides is 1. The van der Waals surface area contributed by atoms with E-state index in [2.05, 4.69) is 15.1 Å². The van der Waals surface area contributed by atoms with Gasteiger partial charge in [0.1, 0.15) is 5.82 Å². The molecule has 0 bridgehead atoms. The molecule has 3 heterocycles. The highest BCUT2D eigenvalue weighted by atomic mass is 32.2. The summed E-state index contributed by atoms with van der Waals surface area (Å²) < 4.78 is 46.1. The van der Waals surface area contributed by atoms with Crippen molar-refractivity contribution in [2.45, 2.75) is 9.24 Å². The van der Waals surface area contributed by atoms with Gasteiger partial charge in [0.15, 0.2) is 4.34 Å². The molecular formula is C18H22FN5O4S3. The van der Waals surface area contributed by atoms with Crippen molar-refractivity contribution in [1.29, 1.82) is 0 Å². The highest BCUT2D eigenvalue weighted by Gasteiger charge is 2.30. The number of benzene rings is 1. The minimum atomic E-state index is -3.78. The van der Waals surface area contributed by atoms with Gasteiger partial charge in [0.25, 0.3) is 0 Å². The van der Waals surface area contributed by atoms with Gasteiger partial charge in [0.2, 0.25) is 21.1 Å². The summed E-state index contributed by atoms with van der Waals surface area (Å²) in [5.74, 6) is -0.453. The summed E-state index contributed by atoms with van der Waals surface area (Å²) in [5.41, 5.74) is 0. The van der Waals surface area contributed by atoms with Crippen LogP contribution in [-0.4, -0.2) is 92.0 Å². The molecule has 168 valence electrons. The van der Waals surface area contributed by atoms with Crippen LogP contribution < -0.4 is 4.90 Å². The van der Waals surface area contributed by atoms with E-state index in [9.17, 15) is 17.6 Å². The number of carbonyl (C=O) groups excluding carboxylic acids is 1. The second-order valence-corrected chi connectivity index (χ2v) is 11.1. The Labute approximate surface area is 188 Å². The highest BCUT2D eigenvalue weighted by molar-refractivity contribution is 8.01. The molecule has 1 aromatic heterocycles. The Morgan fingerprint density at radius 2 is 1.87 bits per heavy atom. The third-order valence-corrected chi connectivity index (χ3v) is 9.02. The zero-order valence-corrected chi connectivity index (χ0v) is 19.1. The number of carbonyl (C=O) groups is 1. The van der Waals surface area contributed by atoms with Gasteiger partial charge in [-0.15, -0.1) is 10.2 Å². The first-order chi connectivity index (χ1) is 14.9. The number of morpholine rings is 1. The van der Waals surface area contributed by atoms with Crippen LogP contribution in [0, 0.1) is 5.82 Å². The molecule has 0 spiro atoms. The van der Waals surface area contributed by atoms with Crippen LogP contribution in [0.25, 0.3) is 0 Å². The van der Waals surface area contributed by atoms with Gasteiger partial charge < -0.3 is 14.5 Å². The van der Waals surface area contributed by atoms with Gasteiger partial charge in [-0.2, -0.15) is 4.31 Å². The summed E-state index contributed by atoms with van der Waals surface area (Å²) in [4.78, 5) is 16.3.